The van der Waals surface area contributed by atoms with Gasteiger partial charge >= 0.3 is 5.97 Å². The van der Waals surface area contributed by atoms with E-state index >= 15 is 0 Å². The number of esters is 1. The van der Waals surface area contributed by atoms with E-state index in [0.29, 0.717) is 6.42 Å². The van der Waals surface area contributed by atoms with Gasteiger partial charge in [-0.3, -0.25) is 4.79 Å². The summed E-state index contributed by atoms with van der Waals surface area (Å²) in [7, 11) is -0.280. The van der Waals surface area contributed by atoms with Crippen molar-refractivity contribution in [3.8, 4) is 0 Å². The first kappa shape index (κ1) is 18.7. The highest BCUT2D eigenvalue weighted by Gasteiger charge is 2.36. The summed E-state index contributed by atoms with van der Waals surface area (Å²) < 4.78 is 11.0. The van der Waals surface area contributed by atoms with E-state index in [0.717, 1.165) is 29.5 Å². The number of benzene rings is 1. The lowest BCUT2D eigenvalue weighted by Gasteiger charge is -2.36. The molecule has 1 aromatic heterocycles. The van der Waals surface area contributed by atoms with Gasteiger partial charge in [-0.2, -0.15) is 0 Å². The molecule has 24 heavy (non-hydrogen) atoms. The minimum Gasteiger partial charge on any atom is -0.469 e. The van der Waals surface area contributed by atoms with E-state index in [2.05, 4.69) is 44.9 Å². The molecule has 0 spiro atoms. The maximum absolute atomic E-state index is 11.4. The highest BCUT2D eigenvalue weighted by atomic mass is 28.4. The molecule has 0 aliphatic heterocycles. The van der Waals surface area contributed by atoms with Gasteiger partial charge in [0.05, 0.1) is 13.5 Å². The molecular formula is C19H29NO3Si. The Morgan fingerprint density at radius 2 is 1.92 bits per heavy atom. The molecule has 132 valence electrons. The van der Waals surface area contributed by atoms with Crippen molar-refractivity contribution in [2.24, 2.45) is 0 Å². The van der Waals surface area contributed by atoms with Crippen molar-refractivity contribution in [3.63, 3.8) is 0 Å². The third-order valence-electron chi connectivity index (χ3n) is 4.96. The fourth-order valence-electron chi connectivity index (χ4n) is 2.36. The lowest BCUT2D eigenvalue weighted by atomic mass is 10.1. The maximum Gasteiger partial charge on any atom is 0.309 e. The van der Waals surface area contributed by atoms with Gasteiger partial charge in [0.2, 0.25) is 0 Å². The number of carbonyl (C=O) groups is 1. The van der Waals surface area contributed by atoms with Gasteiger partial charge in [-0.15, -0.1) is 0 Å². The summed E-state index contributed by atoms with van der Waals surface area (Å²) in [5.74, 6) is -0.215. The molecule has 0 radical (unpaired) electrons. The summed E-state index contributed by atoms with van der Waals surface area (Å²) in [5.41, 5.74) is 3.22. The molecule has 0 atom stereocenters. The highest BCUT2D eigenvalue weighted by Crippen LogP contribution is 2.36. The molecule has 0 amide bonds. The first-order valence-corrected chi connectivity index (χ1v) is 11.3. The fraction of sp³-hybridized carbons (Fsp3) is 0.526. The zero-order valence-electron chi connectivity index (χ0n) is 15.7. The molecular weight excluding hydrogens is 318 g/mol. The molecule has 5 heteroatoms. The Kier molecular flexibility index (Phi) is 5.55. The van der Waals surface area contributed by atoms with E-state index in [4.69, 9.17) is 9.16 Å². The Morgan fingerprint density at radius 1 is 1.21 bits per heavy atom. The lowest BCUT2D eigenvalue weighted by molar-refractivity contribution is -0.139. The van der Waals surface area contributed by atoms with Gasteiger partial charge in [0.1, 0.15) is 0 Å². The van der Waals surface area contributed by atoms with E-state index in [1.807, 2.05) is 18.2 Å². The van der Waals surface area contributed by atoms with Crippen LogP contribution in [0.25, 0.3) is 10.9 Å². The van der Waals surface area contributed by atoms with E-state index in [9.17, 15) is 4.79 Å². The number of rotatable bonds is 6. The van der Waals surface area contributed by atoms with Crippen LogP contribution in [0.5, 0.6) is 0 Å². The van der Waals surface area contributed by atoms with Gasteiger partial charge in [0.15, 0.2) is 8.32 Å². The Labute approximate surface area is 145 Å². The number of H-pyrrole nitrogens is 1. The average Bonchev–Trinajstić information content (AvgIpc) is 2.87. The van der Waals surface area contributed by atoms with Gasteiger partial charge in [-0.25, -0.2) is 0 Å². The molecule has 1 aromatic carbocycles. The summed E-state index contributed by atoms with van der Waals surface area (Å²) in [6, 6.07) is 8.17. The first-order valence-electron chi connectivity index (χ1n) is 8.44. The normalized spacial score (nSPS) is 12.6. The molecule has 1 N–H and O–H groups in total. The predicted molar refractivity (Wildman–Crippen MR) is 101 cm³/mol. The second kappa shape index (κ2) is 7.11. The quantitative estimate of drug-likeness (QED) is 0.620. The third kappa shape index (κ3) is 4.48. The molecule has 0 aliphatic rings. The standard InChI is InChI=1S/C19H29NO3Si/c1-19(2,3)24(5,6)23-10-9-16-13-15-11-14(12-18(21)22-4)7-8-17(15)20-16/h7-8,11,13,20H,9-10,12H2,1-6H3. The SMILES string of the molecule is COC(=O)Cc1ccc2[nH]c(CCO[Si](C)(C)C(C)(C)C)cc2c1. The van der Waals surface area contributed by atoms with E-state index in [1.54, 1.807) is 0 Å². The van der Waals surface area contributed by atoms with Crippen LogP contribution in [0.4, 0.5) is 0 Å². The summed E-state index contributed by atoms with van der Waals surface area (Å²) in [6.07, 6.45) is 1.18. The highest BCUT2D eigenvalue weighted by molar-refractivity contribution is 6.74. The fourth-order valence-corrected chi connectivity index (χ4v) is 3.40. The van der Waals surface area contributed by atoms with E-state index in [-0.39, 0.29) is 11.0 Å². The van der Waals surface area contributed by atoms with Crippen LogP contribution in [0.15, 0.2) is 24.3 Å². The van der Waals surface area contributed by atoms with Crippen LogP contribution in [0, 0.1) is 0 Å². The van der Waals surface area contributed by atoms with Crippen molar-refractivity contribution in [2.75, 3.05) is 13.7 Å². The van der Waals surface area contributed by atoms with Crippen LogP contribution in [-0.4, -0.2) is 33.0 Å². The molecule has 0 saturated heterocycles. The Bertz CT molecular complexity index is 713. The smallest absolute Gasteiger partial charge is 0.309 e. The first-order chi connectivity index (χ1) is 11.1. The van der Waals surface area contributed by atoms with Crippen LogP contribution in [0.3, 0.4) is 0 Å². The molecule has 2 rings (SSSR count). The zero-order valence-corrected chi connectivity index (χ0v) is 16.7. The monoisotopic (exact) mass is 347 g/mol. The topological polar surface area (TPSA) is 51.3 Å². The average molecular weight is 348 g/mol. The molecule has 2 aromatic rings. The molecule has 1 heterocycles. The van der Waals surface area contributed by atoms with Gasteiger partial charge in [0.25, 0.3) is 0 Å². The lowest BCUT2D eigenvalue weighted by Crippen LogP contribution is -2.41. The molecule has 4 nitrogen and oxygen atoms in total. The van der Waals surface area contributed by atoms with Crippen LogP contribution in [-0.2, 0) is 26.8 Å². The molecule has 0 bridgehead atoms. The number of aromatic amines is 1. The summed E-state index contributed by atoms with van der Waals surface area (Å²) in [4.78, 5) is 14.8. The number of ether oxygens (including phenoxy) is 1. The summed E-state index contributed by atoms with van der Waals surface area (Å²) in [5, 5.41) is 1.36. The van der Waals surface area contributed by atoms with Crippen molar-refractivity contribution < 1.29 is 14.0 Å². The van der Waals surface area contributed by atoms with Gasteiger partial charge < -0.3 is 14.1 Å². The summed E-state index contributed by atoms with van der Waals surface area (Å²) in [6.45, 7) is 12.0. The van der Waals surface area contributed by atoms with Gasteiger partial charge in [-0.1, -0.05) is 26.8 Å². The Morgan fingerprint density at radius 3 is 2.54 bits per heavy atom. The number of methoxy groups -OCH3 is 1. The minimum atomic E-state index is -1.69. The van der Waals surface area contributed by atoms with Crippen LogP contribution < -0.4 is 0 Å². The van der Waals surface area contributed by atoms with Crippen molar-refractivity contribution in [2.45, 2.75) is 51.7 Å². The predicted octanol–water partition coefficient (Wildman–Crippen LogP) is 4.45. The Hall–Kier alpha value is -1.59. The number of aromatic nitrogens is 1. The minimum absolute atomic E-state index is 0.215. The van der Waals surface area contributed by atoms with E-state index in [1.165, 1.54) is 12.8 Å². The van der Waals surface area contributed by atoms with Crippen molar-refractivity contribution >= 4 is 25.2 Å². The molecule has 0 saturated carbocycles. The second-order valence-electron chi connectivity index (χ2n) is 7.83. The zero-order chi connectivity index (χ0) is 18.0. The van der Waals surface area contributed by atoms with Gasteiger partial charge in [0, 0.05) is 24.2 Å². The largest absolute Gasteiger partial charge is 0.469 e. The second-order valence-corrected chi connectivity index (χ2v) is 12.6. The van der Waals surface area contributed by atoms with Crippen LogP contribution in [0.2, 0.25) is 18.1 Å². The number of hydrogen-bond acceptors (Lipinski definition) is 3. The van der Waals surface area contributed by atoms with Crippen LogP contribution in [0.1, 0.15) is 32.0 Å². The van der Waals surface area contributed by atoms with E-state index < -0.39 is 8.32 Å². The van der Waals surface area contributed by atoms with Gasteiger partial charge in [-0.05, 0) is 47.3 Å². The summed E-state index contributed by atoms with van der Waals surface area (Å²) >= 11 is 0. The number of hydrogen-bond donors (Lipinski definition) is 1. The van der Waals surface area contributed by atoms with Crippen molar-refractivity contribution in [3.05, 3.63) is 35.5 Å². The number of fused-ring (bicyclic) bond motifs is 1. The maximum atomic E-state index is 11.4. The molecule has 0 aliphatic carbocycles. The third-order valence-corrected chi connectivity index (χ3v) is 9.50. The molecule has 0 unspecified atom stereocenters. The number of carbonyl (C=O) groups excluding carboxylic acids is 1. The molecule has 0 fully saturated rings. The van der Waals surface area contributed by atoms with Crippen LogP contribution >= 0.6 is 0 Å². The number of nitrogens with one attached hydrogen (secondary N) is 1. The van der Waals surface area contributed by atoms with Crippen molar-refractivity contribution in [1.82, 2.24) is 4.98 Å². The Balaban J connectivity index is 2.02. The van der Waals surface area contributed by atoms with Crippen molar-refractivity contribution in [1.29, 1.82) is 0 Å².